The summed E-state index contributed by atoms with van der Waals surface area (Å²) >= 11 is 0. The summed E-state index contributed by atoms with van der Waals surface area (Å²) in [6, 6.07) is 0. The molecule has 0 radical (unpaired) electrons. The monoisotopic (exact) mass is 206 g/mol. The second kappa shape index (κ2) is 3.02. The predicted octanol–water partition coefficient (Wildman–Crippen LogP) is 4.35. The van der Waals surface area contributed by atoms with E-state index < -0.39 is 0 Å². The Kier molecular flexibility index (Phi) is 2.05. The molecule has 3 aliphatic carbocycles. The molecule has 0 saturated heterocycles. The highest BCUT2D eigenvalue weighted by Gasteiger charge is 2.76. The largest absolute Gasteiger partial charge is 0.0651 e. The van der Waals surface area contributed by atoms with Gasteiger partial charge in [0.25, 0.3) is 0 Å². The fourth-order valence-corrected chi connectivity index (χ4v) is 5.31. The van der Waals surface area contributed by atoms with Gasteiger partial charge < -0.3 is 0 Å². The molecule has 7 atom stereocenters. The average molecular weight is 206 g/mol. The summed E-state index contributed by atoms with van der Waals surface area (Å²) in [6.45, 7) is 9.79. The summed E-state index contributed by atoms with van der Waals surface area (Å²) in [7, 11) is 0. The Bertz CT molecular complexity index is 269. The van der Waals surface area contributed by atoms with Crippen molar-refractivity contribution in [3.8, 4) is 0 Å². The highest BCUT2D eigenvalue weighted by molar-refractivity contribution is 5.24. The van der Waals surface area contributed by atoms with Gasteiger partial charge in [-0.1, -0.05) is 40.5 Å². The summed E-state index contributed by atoms with van der Waals surface area (Å²) in [4.78, 5) is 0. The van der Waals surface area contributed by atoms with Crippen LogP contribution in [-0.4, -0.2) is 0 Å². The molecule has 0 bridgehead atoms. The van der Waals surface area contributed by atoms with E-state index in [0.717, 1.165) is 40.9 Å². The zero-order chi connectivity index (χ0) is 10.8. The van der Waals surface area contributed by atoms with Crippen molar-refractivity contribution in [3.63, 3.8) is 0 Å². The van der Waals surface area contributed by atoms with Gasteiger partial charge in [-0.3, -0.25) is 0 Å². The van der Waals surface area contributed by atoms with Crippen LogP contribution in [0.15, 0.2) is 0 Å². The molecule has 0 nitrogen and oxygen atoms in total. The zero-order valence-electron chi connectivity index (χ0n) is 10.8. The van der Waals surface area contributed by atoms with E-state index in [9.17, 15) is 0 Å². The van der Waals surface area contributed by atoms with Gasteiger partial charge >= 0.3 is 0 Å². The van der Waals surface area contributed by atoms with Crippen molar-refractivity contribution in [2.75, 3.05) is 0 Å². The molecule has 86 valence electrons. The molecule has 0 N–H and O–H groups in total. The molecule has 7 unspecified atom stereocenters. The lowest BCUT2D eigenvalue weighted by molar-refractivity contribution is 0.0583. The first-order valence-electron chi connectivity index (χ1n) is 7.16. The third-order valence-electron chi connectivity index (χ3n) is 6.61. The van der Waals surface area contributed by atoms with Crippen LogP contribution in [0.25, 0.3) is 0 Å². The molecular formula is C15H26. The van der Waals surface area contributed by atoms with E-state index >= 15 is 0 Å². The molecule has 0 aromatic heterocycles. The van der Waals surface area contributed by atoms with Gasteiger partial charge in [-0.15, -0.1) is 0 Å². The normalized spacial score (nSPS) is 61.6. The van der Waals surface area contributed by atoms with Gasteiger partial charge in [-0.2, -0.15) is 0 Å². The Labute approximate surface area is 94.8 Å². The van der Waals surface area contributed by atoms with Gasteiger partial charge in [0, 0.05) is 0 Å². The van der Waals surface area contributed by atoms with Crippen molar-refractivity contribution in [2.45, 2.75) is 53.4 Å². The summed E-state index contributed by atoms with van der Waals surface area (Å²) in [5, 5.41) is 0. The molecule has 0 aromatic carbocycles. The van der Waals surface area contributed by atoms with Crippen molar-refractivity contribution in [3.05, 3.63) is 0 Å². The van der Waals surface area contributed by atoms with Crippen LogP contribution < -0.4 is 0 Å². The summed E-state index contributed by atoms with van der Waals surface area (Å²) < 4.78 is 0. The first kappa shape index (κ1) is 10.2. The quantitative estimate of drug-likeness (QED) is 0.644. The number of hydrogen-bond acceptors (Lipinski definition) is 0. The van der Waals surface area contributed by atoms with Crippen LogP contribution >= 0.6 is 0 Å². The van der Waals surface area contributed by atoms with Gasteiger partial charge in [0.05, 0.1) is 0 Å². The summed E-state index contributed by atoms with van der Waals surface area (Å²) in [5.74, 6) is 6.56. The Hall–Kier alpha value is 0. The Balaban J connectivity index is 1.61. The lowest BCUT2D eigenvalue weighted by atomic mass is 9.62. The lowest BCUT2D eigenvalue weighted by Gasteiger charge is -2.43. The minimum Gasteiger partial charge on any atom is -0.0651 e. The molecule has 15 heavy (non-hydrogen) atoms. The van der Waals surface area contributed by atoms with Gasteiger partial charge in [0.15, 0.2) is 0 Å². The zero-order valence-corrected chi connectivity index (χ0v) is 10.8. The van der Waals surface area contributed by atoms with E-state index in [1.165, 1.54) is 12.8 Å². The fourth-order valence-electron chi connectivity index (χ4n) is 5.31. The third-order valence-corrected chi connectivity index (χ3v) is 6.61. The second-order valence-electron chi connectivity index (χ2n) is 6.65. The van der Waals surface area contributed by atoms with E-state index in [-0.39, 0.29) is 0 Å². The maximum atomic E-state index is 2.52. The first-order chi connectivity index (χ1) is 7.16. The molecule has 0 aliphatic heterocycles. The Morgan fingerprint density at radius 1 is 1.13 bits per heavy atom. The van der Waals surface area contributed by atoms with Gasteiger partial charge in [0.2, 0.25) is 0 Å². The molecule has 0 amide bonds. The minimum atomic E-state index is 0.881. The number of hydrogen-bond donors (Lipinski definition) is 0. The standard InChI is InChI=1S/C15H26/c1-5-11-7-12(9(11)3)14-8-15(14)10(4)13(15)6-2/h9-14H,5-8H2,1-4H3. The van der Waals surface area contributed by atoms with Crippen LogP contribution in [0.5, 0.6) is 0 Å². The molecule has 1 spiro atoms. The van der Waals surface area contributed by atoms with Gasteiger partial charge in [-0.05, 0) is 53.8 Å². The van der Waals surface area contributed by atoms with Crippen LogP contribution in [0, 0.1) is 40.9 Å². The van der Waals surface area contributed by atoms with E-state index in [1.807, 2.05) is 0 Å². The highest BCUT2D eigenvalue weighted by Crippen LogP contribution is 2.82. The first-order valence-corrected chi connectivity index (χ1v) is 7.16. The topological polar surface area (TPSA) is 0 Å². The maximum absolute atomic E-state index is 2.52. The van der Waals surface area contributed by atoms with Crippen molar-refractivity contribution < 1.29 is 0 Å². The minimum absolute atomic E-state index is 0.881. The molecule has 0 heterocycles. The molecule has 0 aromatic rings. The van der Waals surface area contributed by atoms with Gasteiger partial charge in [-0.25, -0.2) is 0 Å². The molecule has 3 fully saturated rings. The van der Waals surface area contributed by atoms with E-state index in [1.54, 1.807) is 12.8 Å². The highest BCUT2D eigenvalue weighted by atomic mass is 14.8. The summed E-state index contributed by atoms with van der Waals surface area (Å²) in [5.41, 5.74) is 0.881. The molecule has 3 saturated carbocycles. The van der Waals surface area contributed by atoms with Gasteiger partial charge in [0.1, 0.15) is 0 Å². The lowest BCUT2D eigenvalue weighted by Crippen LogP contribution is -2.36. The van der Waals surface area contributed by atoms with Crippen LogP contribution in [0.2, 0.25) is 0 Å². The molecule has 0 heteroatoms. The Morgan fingerprint density at radius 3 is 2.33 bits per heavy atom. The average Bonchev–Trinajstić information content (AvgIpc) is 3.06. The van der Waals surface area contributed by atoms with Crippen LogP contribution in [0.4, 0.5) is 0 Å². The van der Waals surface area contributed by atoms with E-state index in [0.29, 0.717) is 0 Å². The van der Waals surface area contributed by atoms with Crippen molar-refractivity contribution in [1.29, 1.82) is 0 Å². The van der Waals surface area contributed by atoms with E-state index in [4.69, 9.17) is 0 Å². The Morgan fingerprint density at radius 2 is 1.87 bits per heavy atom. The summed E-state index contributed by atoms with van der Waals surface area (Å²) in [6.07, 6.45) is 6.02. The molecular weight excluding hydrogens is 180 g/mol. The smallest absolute Gasteiger partial charge is 0.0204 e. The SMILES string of the molecule is CCC1CC(C2CC23C(C)C3CC)C1C. The van der Waals surface area contributed by atoms with Crippen LogP contribution in [-0.2, 0) is 0 Å². The maximum Gasteiger partial charge on any atom is -0.0204 e. The second-order valence-corrected chi connectivity index (χ2v) is 6.65. The predicted molar refractivity (Wildman–Crippen MR) is 64.5 cm³/mol. The van der Waals surface area contributed by atoms with Crippen molar-refractivity contribution >= 4 is 0 Å². The van der Waals surface area contributed by atoms with Crippen LogP contribution in [0.3, 0.4) is 0 Å². The fraction of sp³-hybridized carbons (Fsp3) is 1.00. The number of rotatable bonds is 3. The molecule has 3 rings (SSSR count). The third kappa shape index (κ3) is 1.09. The van der Waals surface area contributed by atoms with E-state index in [2.05, 4.69) is 27.7 Å². The molecule has 3 aliphatic rings. The van der Waals surface area contributed by atoms with Crippen LogP contribution in [0.1, 0.15) is 53.4 Å². The van der Waals surface area contributed by atoms with Crippen molar-refractivity contribution in [2.24, 2.45) is 40.9 Å². The van der Waals surface area contributed by atoms with Crippen molar-refractivity contribution in [1.82, 2.24) is 0 Å².